The first-order valence-electron chi connectivity index (χ1n) is 24.0. The van der Waals surface area contributed by atoms with Gasteiger partial charge in [0.25, 0.3) is 0 Å². The first kappa shape index (κ1) is 8.91. The molecule has 0 aliphatic heterocycles. The van der Waals surface area contributed by atoms with Gasteiger partial charge in [0.1, 0.15) is 0 Å². The Kier molecular flexibility index (Phi) is 1.82. The van der Waals surface area contributed by atoms with Crippen LogP contribution in [0.5, 0.6) is 0 Å². The maximum Gasteiger partial charge on any atom is 0.0636 e. The van der Waals surface area contributed by atoms with Gasteiger partial charge in [-0.05, 0) is 99.0 Å². The van der Waals surface area contributed by atoms with E-state index in [1.54, 1.807) is 0 Å². The van der Waals surface area contributed by atoms with Crippen LogP contribution in [0.2, 0.25) is 0 Å². The van der Waals surface area contributed by atoms with Gasteiger partial charge in [-0.3, -0.25) is 0 Å². The van der Waals surface area contributed by atoms with Crippen LogP contribution in [-0.4, -0.2) is 0 Å². The van der Waals surface area contributed by atoms with Gasteiger partial charge in [0.05, 0.1) is 32.9 Å². The highest BCUT2D eigenvalue weighted by Crippen LogP contribution is 2.47. The van der Waals surface area contributed by atoms with Gasteiger partial charge in [-0.2, -0.15) is 0 Å². The molecule has 184 valence electrons. The molecule has 0 N–H and O–H groups in total. The van der Waals surface area contributed by atoms with Crippen LogP contribution in [0.25, 0.3) is 86.9 Å². The summed E-state index contributed by atoms with van der Waals surface area (Å²) in [5, 5.41) is -6.14. The highest BCUT2D eigenvalue weighted by Gasteiger charge is 2.19. The van der Waals surface area contributed by atoms with Crippen LogP contribution in [0.4, 0.5) is 0 Å². The molecule has 0 aliphatic rings. The molecular weight excluding hydrogens is 480 g/mol. The predicted octanol–water partition coefficient (Wildman–Crippen LogP) is 11.4. The van der Waals surface area contributed by atoms with Crippen LogP contribution in [0.1, 0.15) is 32.9 Å². The van der Waals surface area contributed by atoms with E-state index in [-0.39, 0.29) is 21.5 Å². The van der Waals surface area contributed by atoms with E-state index in [0.717, 1.165) is 0 Å². The molecule has 0 nitrogen and oxygen atoms in total. The third kappa shape index (κ3) is 2.96. The largest absolute Gasteiger partial charge is 0.0636 e. The molecule has 0 aromatic heterocycles. The lowest BCUT2D eigenvalue weighted by atomic mass is 9.83. The van der Waals surface area contributed by atoms with Crippen molar-refractivity contribution in [1.29, 1.82) is 0 Å². The number of benzene rings is 9. The van der Waals surface area contributed by atoms with Crippen LogP contribution < -0.4 is 0 Å². The topological polar surface area (TPSA) is 0 Å². The Morgan fingerprint density at radius 2 is 0.825 bits per heavy atom. The summed E-state index contributed by atoms with van der Waals surface area (Å²) in [5.74, 6) is 0. The first-order valence-corrected chi connectivity index (χ1v) is 12.0. The van der Waals surface area contributed by atoms with Gasteiger partial charge in [-0.15, -0.1) is 0 Å². The van der Waals surface area contributed by atoms with Crippen molar-refractivity contribution >= 4 is 64.6 Å². The monoisotopic (exact) mass is 528 g/mol. The van der Waals surface area contributed by atoms with Crippen molar-refractivity contribution in [2.45, 2.75) is 0 Å². The Bertz CT molecular complexity index is 3640. The van der Waals surface area contributed by atoms with Crippen LogP contribution in [0.3, 0.4) is 0 Å². The summed E-state index contributed by atoms with van der Waals surface area (Å²) in [6.07, 6.45) is 0. The van der Waals surface area contributed by atoms with E-state index in [2.05, 4.69) is 0 Å². The molecule has 0 bridgehead atoms. The molecule has 0 heteroatoms. The van der Waals surface area contributed by atoms with E-state index in [1.165, 1.54) is 0 Å². The third-order valence-electron chi connectivity index (χ3n) is 6.94. The van der Waals surface area contributed by atoms with Crippen molar-refractivity contribution in [3.05, 3.63) is 145 Å². The van der Waals surface area contributed by atoms with Gasteiger partial charge < -0.3 is 0 Å². The van der Waals surface area contributed by atoms with Gasteiger partial charge in [0.2, 0.25) is 0 Å². The maximum atomic E-state index is 9.86. The normalized spacial score (nSPS) is 20.4. The van der Waals surface area contributed by atoms with Crippen LogP contribution in [0.15, 0.2) is 145 Å². The smallest absolute Gasteiger partial charge is 0.0622 e. The molecule has 40 heavy (non-hydrogen) atoms. The first-order chi connectivity index (χ1) is 29.9. The molecule has 0 radical (unpaired) electrons. The van der Waals surface area contributed by atoms with Crippen LogP contribution in [0, 0.1) is 0 Å². The molecule has 9 aromatic rings. The predicted molar refractivity (Wildman–Crippen MR) is 174 cm³/mol. The zero-order valence-electron chi connectivity index (χ0n) is 44.0. The number of fused-ring (bicyclic) bond motifs is 4. The quantitative estimate of drug-likeness (QED) is 0.155. The number of hydrogen-bond donors (Lipinski definition) is 0. The minimum atomic E-state index is -0.948. The summed E-state index contributed by atoms with van der Waals surface area (Å²) >= 11 is 0. The maximum absolute atomic E-state index is 9.86. The molecule has 0 heterocycles. The highest BCUT2D eigenvalue weighted by molar-refractivity contribution is 6.29. The van der Waals surface area contributed by atoms with Gasteiger partial charge in [0.15, 0.2) is 0 Å². The number of rotatable bonds is 2. The molecule has 0 atom stereocenters. The Morgan fingerprint density at radius 3 is 1.55 bits per heavy atom. The summed E-state index contributed by atoms with van der Waals surface area (Å²) < 4.78 is 216. The van der Waals surface area contributed by atoms with Crippen molar-refractivity contribution < 1.29 is 32.9 Å². The summed E-state index contributed by atoms with van der Waals surface area (Å²) in [7, 11) is 0. The van der Waals surface area contributed by atoms with Crippen molar-refractivity contribution in [2.24, 2.45) is 0 Å². The Labute approximate surface area is 265 Å². The van der Waals surface area contributed by atoms with Gasteiger partial charge in [-0.25, -0.2) is 0 Å². The lowest BCUT2D eigenvalue weighted by Crippen LogP contribution is -1.93. The second kappa shape index (κ2) is 8.15. The lowest BCUT2D eigenvalue weighted by Gasteiger charge is -2.20. The zero-order chi connectivity index (χ0) is 47.1. The van der Waals surface area contributed by atoms with E-state index < -0.39 is 210 Å². The molecule has 0 saturated heterocycles. The molecule has 0 fully saturated rings. The van der Waals surface area contributed by atoms with Crippen molar-refractivity contribution in [3.63, 3.8) is 0 Å². The van der Waals surface area contributed by atoms with E-state index in [1.807, 2.05) is 0 Å². The Morgan fingerprint density at radius 1 is 0.300 bits per heavy atom. The second-order valence-electron chi connectivity index (χ2n) is 9.00. The molecule has 9 aromatic carbocycles. The highest BCUT2D eigenvalue weighted by atomic mass is 14.2. The standard InChI is InChI=1S/C40H24/c1-2-10-26(11-3-1)38-33-15-6-7-16-34(33)39(40-32-14-5-4-9-25(32)21-22-35(38)40)31-23-29-19-17-27-12-8-13-28-18-20-30(24-31)37(29)36(27)28/h1-24H/i1D,2D,3D,4D,5D,6D,7D,8D,9D,10D,11D,12D,13D,14D,15D,16D,17D,18D,19D,20D,21D,22D,23D,24D. The van der Waals surface area contributed by atoms with Gasteiger partial charge in [-0.1, -0.05) is 133 Å². The summed E-state index contributed by atoms with van der Waals surface area (Å²) in [6, 6.07) is -20.5. The van der Waals surface area contributed by atoms with E-state index in [4.69, 9.17) is 20.6 Å². The second-order valence-corrected chi connectivity index (χ2v) is 9.00. The van der Waals surface area contributed by atoms with Gasteiger partial charge >= 0.3 is 0 Å². The minimum absolute atomic E-state index is 0.244. The molecule has 0 aliphatic carbocycles. The fourth-order valence-corrected chi connectivity index (χ4v) is 5.34. The molecule has 0 unspecified atom stereocenters. The van der Waals surface area contributed by atoms with E-state index >= 15 is 0 Å². The zero-order valence-corrected chi connectivity index (χ0v) is 20.0. The summed E-state index contributed by atoms with van der Waals surface area (Å²) in [5.41, 5.74) is -2.75. The SMILES string of the molecule is [2H]c1c([2H])c([2H])c(-c2c3c([2H])c([2H])c([2H])c([2H])c3c(-c3c([2H])c4c([2H])c([2H])c5c([2H])c([2H])c([2H])c6c([2H])c([2H])c(c3[2H])c4c56)c3c2c([2H])c([2H])c2c([2H])c([2H])c([2H])c([2H])c23)c([2H])c1[2H]. The van der Waals surface area contributed by atoms with Crippen molar-refractivity contribution in [3.8, 4) is 22.3 Å². The fourth-order valence-electron chi connectivity index (χ4n) is 5.34. The average Bonchev–Trinajstić information content (AvgIpc) is 3.25. The van der Waals surface area contributed by atoms with Crippen molar-refractivity contribution in [2.75, 3.05) is 0 Å². The molecule has 0 amide bonds. The molecular formula is C40H24. The van der Waals surface area contributed by atoms with Crippen LogP contribution >= 0.6 is 0 Å². The number of hydrogen-bond acceptors (Lipinski definition) is 0. The minimum Gasteiger partial charge on any atom is -0.0622 e. The van der Waals surface area contributed by atoms with Crippen LogP contribution in [-0.2, 0) is 0 Å². The Balaban J connectivity index is 1.75. The lowest BCUT2D eigenvalue weighted by molar-refractivity contribution is 1.67. The Hall–Kier alpha value is -5.20. The molecule has 0 saturated carbocycles. The van der Waals surface area contributed by atoms with E-state index in [0.29, 0.717) is 0 Å². The average molecular weight is 529 g/mol. The summed E-state index contributed by atoms with van der Waals surface area (Å²) in [6.45, 7) is 0. The third-order valence-corrected chi connectivity index (χ3v) is 6.94. The summed E-state index contributed by atoms with van der Waals surface area (Å²) in [4.78, 5) is 0. The van der Waals surface area contributed by atoms with Crippen molar-refractivity contribution in [1.82, 2.24) is 0 Å². The molecule has 0 spiro atoms. The van der Waals surface area contributed by atoms with Gasteiger partial charge in [0, 0.05) is 0 Å². The van der Waals surface area contributed by atoms with E-state index in [9.17, 15) is 12.3 Å². The fraction of sp³-hybridized carbons (Fsp3) is 0. The molecule has 9 rings (SSSR count).